The monoisotopic (exact) mass is 778 g/mol. The summed E-state index contributed by atoms with van der Waals surface area (Å²) in [4.78, 5) is 60.0. The molecule has 5 aliphatic rings. The molecular weight excluding hydrogens is 739 g/mol. The zero-order valence-electron chi connectivity index (χ0n) is 31.0. The van der Waals surface area contributed by atoms with Crippen LogP contribution in [0, 0.1) is 11.7 Å². The van der Waals surface area contributed by atoms with E-state index in [0.29, 0.717) is 59.5 Å². The number of ether oxygens (including phenoxy) is 1. The van der Waals surface area contributed by atoms with E-state index in [0.717, 1.165) is 36.6 Å². The smallest absolute Gasteiger partial charge is 0.261 e. The number of nitrogens with one attached hydrogen (secondary N) is 2. The Hall–Kier alpha value is -5.97. The van der Waals surface area contributed by atoms with Crippen LogP contribution in [0.3, 0.4) is 0 Å². The summed E-state index contributed by atoms with van der Waals surface area (Å²) in [5, 5.41) is 15.3. The number of carbonyl (C=O) groups excluding carboxylic acids is 4. The van der Waals surface area contributed by atoms with Gasteiger partial charge in [0.1, 0.15) is 23.2 Å². The van der Waals surface area contributed by atoms with Gasteiger partial charge in [-0.3, -0.25) is 34.1 Å². The molecule has 294 valence electrons. The van der Waals surface area contributed by atoms with Gasteiger partial charge < -0.3 is 19.9 Å². The number of hydrogen-bond acceptors (Lipinski definition) is 10. The van der Waals surface area contributed by atoms with Crippen molar-refractivity contribution >= 4 is 51.6 Å². The van der Waals surface area contributed by atoms with Crippen molar-refractivity contribution in [3.05, 3.63) is 77.6 Å². The number of nitrogens with zero attached hydrogens (tertiary/aromatic N) is 8. The second-order valence-electron chi connectivity index (χ2n) is 16.0. The average Bonchev–Trinajstić information content (AvgIpc) is 3.60. The molecule has 3 saturated heterocycles. The summed E-state index contributed by atoms with van der Waals surface area (Å²) in [7, 11) is 0. The van der Waals surface area contributed by atoms with Gasteiger partial charge in [-0.05, 0) is 67.9 Å². The van der Waals surface area contributed by atoms with E-state index in [1.54, 1.807) is 33.9 Å². The number of piperidine rings is 2. The number of amides is 4. The Bertz CT molecular complexity index is 2470. The number of fused-ring (bicyclic) bond motifs is 3. The van der Waals surface area contributed by atoms with Gasteiger partial charge in [0.15, 0.2) is 11.3 Å². The maximum Gasteiger partial charge on any atom is 0.261 e. The van der Waals surface area contributed by atoms with Crippen LogP contribution < -0.4 is 20.3 Å². The van der Waals surface area contributed by atoms with Gasteiger partial charge in [0.25, 0.3) is 11.8 Å². The number of rotatable bonds is 10. The number of anilines is 2. The van der Waals surface area contributed by atoms with E-state index in [1.807, 2.05) is 23.0 Å². The van der Waals surface area contributed by atoms with Crippen LogP contribution in [0.4, 0.5) is 20.2 Å². The minimum absolute atomic E-state index is 0.0512. The van der Waals surface area contributed by atoms with Gasteiger partial charge in [0.05, 0.1) is 48.7 Å². The lowest BCUT2D eigenvalue weighted by Crippen LogP contribution is -2.64. The van der Waals surface area contributed by atoms with Crippen molar-refractivity contribution in [2.24, 2.45) is 5.92 Å². The summed E-state index contributed by atoms with van der Waals surface area (Å²) in [6.07, 6.45) is 10.9. The van der Waals surface area contributed by atoms with Gasteiger partial charge in [0, 0.05) is 68.3 Å². The molecule has 2 aromatic carbocycles. The normalized spacial score (nSPS) is 21.2. The molecule has 1 aliphatic carbocycles. The first-order chi connectivity index (χ1) is 27.6. The molecule has 1 saturated carbocycles. The first kappa shape index (κ1) is 35.4. The number of likely N-dealkylation sites (tertiary alicyclic amines) is 1. The Kier molecular flexibility index (Phi) is 8.46. The zero-order valence-corrected chi connectivity index (χ0v) is 31.0. The Labute approximate surface area is 324 Å². The number of halogens is 2. The topological polar surface area (TPSA) is 159 Å². The molecular formula is C40H40F2N10O5. The average molecular weight is 779 g/mol. The van der Waals surface area contributed by atoms with Crippen molar-refractivity contribution in [3.8, 4) is 5.75 Å². The molecule has 57 heavy (non-hydrogen) atoms. The van der Waals surface area contributed by atoms with Gasteiger partial charge in [-0.15, -0.1) is 0 Å². The summed E-state index contributed by atoms with van der Waals surface area (Å²) >= 11 is 0. The summed E-state index contributed by atoms with van der Waals surface area (Å²) in [6, 6.07) is 7.76. The highest BCUT2D eigenvalue weighted by molar-refractivity contribution is 6.09. The highest BCUT2D eigenvalue weighted by Gasteiger charge is 2.47. The zero-order chi connectivity index (χ0) is 39.0. The van der Waals surface area contributed by atoms with Crippen LogP contribution in [0.1, 0.15) is 70.8 Å². The van der Waals surface area contributed by atoms with Crippen LogP contribution in [-0.4, -0.2) is 109 Å². The molecule has 5 aromatic rings. The number of aromatic nitrogens is 5. The first-order valence-corrected chi connectivity index (χ1v) is 19.5. The minimum atomic E-state index is -1.48. The van der Waals surface area contributed by atoms with Crippen molar-refractivity contribution in [3.63, 3.8) is 0 Å². The Morgan fingerprint density at radius 2 is 1.88 bits per heavy atom. The first-order valence-electron chi connectivity index (χ1n) is 19.5. The van der Waals surface area contributed by atoms with Crippen molar-refractivity contribution in [2.75, 3.05) is 49.5 Å². The molecule has 4 fully saturated rings. The summed E-state index contributed by atoms with van der Waals surface area (Å²) in [6.45, 7) is 2.42. The second-order valence-corrected chi connectivity index (χ2v) is 16.0. The Morgan fingerprint density at radius 3 is 2.67 bits per heavy atom. The van der Waals surface area contributed by atoms with Gasteiger partial charge >= 0.3 is 0 Å². The molecule has 4 amide bonds. The van der Waals surface area contributed by atoms with Crippen LogP contribution in [0.5, 0.6) is 5.75 Å². The summed E-state index contributed by atoms with van der Waals surface area (Å²) in [5.41, 5.74) is 1.51. The van der Waals surface area contributed by atoms with Crippen molar-refractivity contribution in [1.29, 1.82) is 0 Å². The van der Waals surface area contributed by atoms with E-state index in [9.17, 15) is 19.2 Å². The highest BCUT2D eigenvalue weighted by atomic mass is 19.1. The quantitative estimate of drug-likeness (QED) is 0.199. The molecule has 7 heterocycles. The predicted octanol–water partition coefficient (Wildman–Crippen LogP) is 3.89. The third kappa shape index (κ3) is 6.62. The van der Waals surface area contributed by atoms with Crippen LogP contribution in [-0.2, 0) is 16.1 Å². The number of benzene rings is 2. The molecule has 15 nitrogen and oxygen atoms in total. The molecule has 0 bridgehead atoms. The van der Waals surface area contributed by atoms with E-state index in [-0.39, 0.29) is 62.4 Å². The van der Waals surface area contributed by atoms with Gasteiger partial charge in [-0.1, -0.05) is 0 Å². The molecule has 4 aliphatic heterocycles. The summed E-state index contributed by atoms with van der Waals surface area (Å²) < 4.78 is 41.1. The number of imide groups is 1. The molecule has 2 N–H and O–H groups in total. The fraction of sp³-hybridized carbons (Fsp3) is 0.425. The Balaban J connectivity index is 0.771. The van der Waals surface area contributed by atoms with Crippen molar-refractivity contribution in [1.82, 2.24) is 39.5 Å². The molecule has 0 radical (unpaired) electrons. The molecule has 17 heteroatoms. The van der Waals surface area contributed by atoms with Gasteiger partial charge in [-0.2, -0.15) is 10.2 Å². The molecule has 1 atom stereocenters. The lowest BCUT2D eigenvalue weighted by atomic mass is 9.92. The van der Waals surface area contributed by atoms with E-state index in [4.69, 9.17) is 9.84 Å². The lowest BCUT2D eigenvalue weighted by Gasteiger charge is -2.48. The second kappa shape index (κ2) is 13.6. The van der Waals surface area contributed by atoms with Crippen LogP contribution in [0.2, 0.25) is 0 Å². The Morgan fingerprint density at radius 1 is 1.05 bits per heavy atom. The van der Waals surface area contributed by atoms with Crippen molar-refractivity contribution in [2.45, 2.75) is 62.8 Å². The van der Waals surface area contributed by atoms with E-state index in [1.165, 1.54) is 17.2 Å². The van der Waals surface area contributed by atoms with E-state index >= 15 is 8.78 Å². The molecule has 0 spiro atoms. The largest absolute Gasteiger partial charge is 0.491 e. The minimum Gasteiger partial charge on any atom is -0.491 e. The third-order valence-corrected chi connectivity index (χ3v) is 11.9. The lowest BCUT2D eigenvalue weighted by molar-refractivity contribution is -0.136. The van der Waals surface area contributed by atoms with Gasteiger partial charge in [-0.25, -0.2) is 18.3 Å². The van der Waals surface area contributed by atoms with E-state index in [2.05, 4.69) is 25.6 Å². The number of alkyl halides is 1. The summed E-state index contributed by atoms with van der Waals surface area (Å²) in [5.74, 6) is -1.49. The fourth-order valence-corrected chi connectivity index (χ4v) is 8.63. The number of hydrogen-bond donors (Lipinski definition) is 2. The van der Waals surface area contributed by atoms with Crippen LogP contribution in [0.25, 0.3) is 16.6 Å². The standard InChI is InChI=1S/C40H40F2N10O5/c41-29-14-27(12-25-17-50(39(56)35(25)29)32-4-5-34(53)46-38(32)55)49-21-40(42,22-49)20-48-10-6-26(7-11-48)52-18-24-13-31(33(15-30(24)47-52)57-19-23-2-3-23)45-37(54)28-16-44-51-9-1-8-43-36(28)51/h1,8-9,12-16,18,23,26,32H,2-7,10-11,17,19-22H2,(H,45,54)(H,46,53,55). The van der Waals surface area contributed by atoms with E-state index < -0.39 is 29.3 Å². The highest BCUT2D eigenvalue weighted by Crippen LogP contribution is 2.39. The SMILES string of the molecule is O=C1CCC(N2Cc3cc(N4CC(F)(CN5CCC(n6cc7cc(NC(=O)c8cnn9cccnc89)c(OCC8CC8)cc7n6)CC5)C4)cc(F)c3C2=O)C(=O)N1. The maximum absolute atomic E-state index is 16.1. The molecule has 10 rings (SSSR count). The van der Waals surface area contributed by atoms with Crippen LogP contribution in [0.15, 0.2) is 55.1 Å². The van der Waals surface area contributed by atoms with Crippen LogP contribution >= 0.6 is 0 Å². The maximum atomic E-state index is 16.1. The predicted molar refractivity (Wildman–Crippen MR) is 202 cm³/mol. The number of carbonyl (C=O) groups is 4. The molecule has 3 aromatic heterocycles. The third-order valence-electron chi connectivity index (χ3n) is 11.9. The van der Waals surface area contributed by atoms with Crippen molar-refractivity contribution < 1.29 is 32.7 Å². The molecule has 1 unspecified atom stereocenters. The fourth-order valence-electron chi connectivity index (χ4n) is 8.63. The van der Waals surface area contributed by atoms with Gasteiger partial charge in [0.2, 0.25) is 11.8 Å².